The Morgan fingerprint density at radius 3 is 2.65 bits per heavy atom. The highest BCUT2D eigenvalue weighted by Crippen LogP contribution is 2.26. The van der Waals surface area contributed by atoms with Crippen LogP contribution in [0.2, 0.25) is 0 Å². The Bertz CT molecular complexity index is 840. The molecule has 0 aliphatic heterocycles. The van der Waals surface area contributed by atoms with E-state index in [2.05, 4.69) is 20.5 Å². The molecule has 5 nitrogen and oxygen atoms in total. The number of carbonyl (C=O) groups is 1. The number of aromatic amines is 1. The lowest BCUT2D eigenvalue weighted by Gasteiger charge is -2.07. The molecule has 0 aliphatic carbocycles. The topological polar surface area (TPSA) is 70.7 Å². The highest BCUT2D eigenvalue weighted by Gasteiger charge is 2.33. The second-order valence-electron chi connectivity index (χ2n) is 4.88. The predicted octanol–water partition coefficient (Wildman–Crippen LogP) is 2.91. The summed E-state index contributed by atoms with van der Waals surface area (Å²) in [7, 11) is 0. The molecule has 0 saturated carbocycles. The first-order valence-electron chi connectivity index (χ1n) is 6.68. The summed E-state index contributed by atoms with van der Waals surface area (Å²) in [6.45, 7) is 0.239. The lowest BCUT2D eigenvalue weighted by molar-refractivity contribution is -0.141. The van der Waals surface area contributed by atoms with Gasteiger partial charge in [-0.25, -0.2) is 0 Å². The van der Waals surface area contributed by atoms with Gasteiger partial charge in [0.2, 0.25) is 0 Å². The Hall–Kier alpha value is -2.90. The Balaban J connectivity index is 1.66. The summed E-state index contributed by atoms with van der Waals surface area (Å²) >= 11 is 0. The largest absolute Gasteiger partial charge is 0.435 e. The number of hydrogen-bond donors (Lipinski definition) is 2. The van der Waals surface area contributed by atoms with Gasteiger partial charge in [0.25, 0.3) is 5.91 Å². The number of alkyl halides is 3. The molecule has 2 N–H and O–H groups in total. The van der Waals surface area contributed by atoms with Crippen molar-refractivity contribution in [2.45, 2.75) is 12.7 Å². The Kier molecular flexibility index (Phi) is 3.73. The average molecular weight is 320 g/mol. The summed E-state index contributed by atoms with van der Waals surface area (Å²) in [6, 6.07) is 9.27. The van der Waals surface area contributed by atoms with Crippen LogP contribution >= 0.6 is 0 Å². The number of carbonyl (C=O) groups excluding carboxylic acids is 1. The highest BCUT2D eigenvalue weighted by atomic mass is 19.4. The number of amides is 1. The van der Waals surface area contributed by atoms with Crippen molar-refractivity contribution in [2.75, 3.05) is 0 Å². The third-order valence-corrected chi connectivity index (χ3v) is 3.26. The fourth-order valence-electron chi connectivity index (χ4n) is 2.09. The maximum atomic E-state index is 12.4. The summed E-state index contributed by atoms with van der Waals surface area (Å²) in [5, 5.41) is 9.94. The normalized spacial score (nSPS) is 11.6. The molecular weight excluding hydrogens is 309 g/mol. The van der Waals surface area contributed by atoms with Gasteiger partial charge >= 0.3 is 6.18 Å². The first kappa shape index (κ1) is 15.0. The molecule has 3 rings (SSSR count). The van der Waals surface area contributed by atoms with E-state index < -0.39 is 17.8 Å². The first-order chi connectivity index (χ1) is 10.9. The smallest absolute Gasteiger partial charge is 0.361 e. The zero-order valence-corrected chi connectivity index (χ0v) is 11.7. The number of H-pyrrole nitrogens is 1. The van der Waals surface area contributed by atoms with Gasteiger partial charge in [0.15, 0.2) is 11.4 Å². The van der Waals surface area contributed by atoms with Gasteiger partial charge in [-0.3, -0.25) is 4.79 Å². The second-order valence-corrected chi connectivity index (χ2v) is 4.88. The molecule has 23 heavy (non-hydrogen) atoms. The predicted molar refractivity (Wildman–Crippen MR) is 76.5 cm³/mol. The minimum Gasteiger partial charge on any atom is -0.361 e. The summed E-state index contributed by atoms with van der Waals surface area (Å²) in [5.74, 6) is -0.583. The maximum absolute atomic E-state index is 12.4. The number of nitrogens with one attached hydrogen (secondary N) is 2. The number of nitrogens with zero attached hydrogens (tertiary/aromatic N) is 2. The van der Waals surface area contributed by atoms with E-state index in [0.29, 0.717) is 0 Å². The Morgan fingerprint density at radius 1 is 1.13 bits per heavy atom. The van der Waals surface area contributed by atoms with Crippen molar-refractivity contribution in [3.8, 4) is 0 Å². The standard InChI is InChI=1S/C15H11F3N4O/c16-15(17,18)13-4-3-12(21-22-13)14(23)20-8-9-1-2-11-10(7-9)5-6-19-11/h1-7,19H,8H2,(H,20,23). The van der Waals surface area contributed by atoms with Gasteiger partial charge < -0.3 is 10.3 Å². The van der Waals surface area contributed by atoms with Crippen LogP contribution in [-0.2, 0) is 12.7 Å². The van der Waals surface area contributed by atoms with Crippen LogP contribution in [0.5, 0.6) is 0 Å². The first-order valence-corrected chi connectivity index (χ1v) is 6.68. The molecule has 0 aliphatic rings. The van der Waals surface area contributed by atoms with Crippen LogP contribution in [-0.4, -0.2) is 21.1 Å². The van der Waals surface area contributed by atoms with Crippen molar-refractivity contribution in [3.63, 3.8) is 0 Å². The van der Waals surface area contributed by atoms with Gasteiger partial charge in [0.1, 0.15) is 0 Å². The summed E-state index contributed by atoms with van der Waals surface area (Å²) in [4.78, 5) is 14.9. The van der Waals surface area contributed by atoms with Crippen LogP contribution in [0.3, 0.4) is 0 Å². The Labute approximate surface area is 128 Å². The SMILES string of the molecule is O=C(NCc1ccc2[nH]ccc2c1)c1ccc(C(F)(F)F)nn1. The van der Waals surface area contributed by atoms with Crippen LogP contribution in [0, 0.1) is 0 Å². The van der Waals surface area contributed by atoms with Crippen molar-refractivity contribution in [1.82, 2.24) is 20.5 Å². The maximum Gasteiger partial charge on any atom is 0.435 e. The number of hydrogen-bond acceptors (Lipinski definition) is 3. The number of benzene rings is 1. The third-order valence-electron chi connectivity index (χ3n) is 3.26. The minimum atomic E-state index is -4.58. The van der Waals surface area contributed by atoms with E-state index in [4.69, 9.17) is 0 Å². The third kappa shape index (κ3) is 3.31. The van der Waals surface area contributed by atoms with E-state index in [-0.39, 0.29) is 12.2 Å². The molecule has 2 aromatic heterocycles. The highest BCUT2D eigenvalue weighted by molar-refractivity contribution is 5.92. The molecule has 0 radical (unpaired) electrons. The molecule has 3 aromatic rings. The molecule has 1 aromatic carbocycles. The van der Waals surface area contributed by atoms with Gasteiger partial charge in [0.05, 0.1) is 0 Å². The number of fused-ring (bicyclic) bond motifs is 1. The zero-order valence-electron chi connectivity index (χ0n) is 11.7. The van der Waals surface area contributed by atoms with Crippen molar-refractivity contribution >= 4 is 16.8 Å². The molecule has 0 fully saturated rings. The molecule has 0 spiro atoms. The van der Waals surface area contributed by atoms with Gasteiger partial charge in [-0.15, -0.1) is 10.2 Å². The quantitative estimate of drug-likeness (QED) is 0.779. The lowest BCUT2D eigenvalue weighted by atomic mass is 10.1. The molecule has 0 bridgehead atoms. The lowest BCUT2D eigenvalue weighted by Crippen LogP contribution is -2.24. The monoisotopic (exact) mass is 320 g/mol. The van der Waals surface area contributed by atoms with Crippen molar-refractivity contribution in [2.24, 2.45) is 0 Å². The van der Waals surface area contributed by atoms with Crippen LogP contribution in [0.25, 0.3) is 10.9 Å². The number of aromatic nitrogens is 3. The van der Waals surface area contributed by atoms with E-state index >= 15 is 0 Å². The zero-order chi connectivity index (χ0) is 16.4. The van der Waals surface area contributed by atoms with Gasteiger partial charge in [-0.2, -0.15) is 13.2 Å². The van der Waals surface area contributed by atoms with Crippen LogP contribution in [0.4, 0.5) is 13.2 Å². The van der Waals surface area contributed by atoms with Crippen molar-refractivity contribution < 1.29 is 18.0 Å². The van der Waals surface area contributed by atoms with E-state index in [1.807, 2.05) is 30.5 Å². The molecule has 0 unspecified atom stereocenters. The van der Waals surface area contributed by atoms with E-state index in [1.54, 1.807) is 0 Å². The second kappa shape index (κ2) is 5.71. The van der Waals surface area contributed by atoms with Crippen molar-refractivity contribution in [1.29, 1.82) is 0 Å². The minimum absolute atomic E-state index is 0.166. The van der Waals surface area contributed by atoms with E-state index in [0.717, 1.165) is 28.6 Å². The Morgan fingerprint density at radius 2 is 1.96 bits per heavy atom. The molecule has 118 valence electrons. The fourth-order valence-corrected chi connectivity index (χ4v) is 2.09. The van der Waals surface area contributed by atoms with Crippen LogP contribution in [0.1, 0.15) is 21.7 Å². The van der Waals surface area contributed by atoms with E-state index in [1.165, 1.54) is 0 Å². The molecule has 2 heterocycles. The van der Waals surface area contributed by atoms with Gasteiger partial charge in [0, 0.05) is 18.3 Å². The van der Waals surface area contributed by atoms with E-state index in [9.17, 15) is 18.0 Å². The summed E-state index contributed by atoms with van der Waals surface area (Å²) in [6.07, 6.45) is -2.77. The van der Waals surface area contributed by atoms with Crippen molar-refractivity contribution in [3.05, 3.63) is 59.5 Å². The molecule has 0 saturated heterocycles. The van der Waals surface area contributed by atoms with Crippen LogP contribution < -0.4 is 5.32 Å². The van der Waals surface area contributed by atoms with Gasteiger partial charge in [-0.05, 0) is 41.3 Å². The summed E-state index contributed by atoms with van der Waals surface area (Å²) in [5.41, 5.74) is 0.548. The van der Waals surface area contributed by atoms with Gasteiger partial charge in [-0.1, -0.05) is 6.07 Å². The molecule has 0 atom stereocenters. The number of rotatable bonds is 3. The molecule has 8 heteroatoms. The van der Waals surface area contributed by atoms with Crippen LogP contribution in [0.15, 0.2) is 42.6 Å². The summed E-state index contributed by atoms with van der Waals surface area (Å²) < 4.78 is 37.2. The fraction of sp³-hybridized carbons (Fsp3) is 0.133. The molecular formula is C15H11F3N4O. The average Bonchev–Trinajstić information content (AvgIpc) is 2.99. The molecule has 1 amide bonds. The number of halogens is 3.